The number of nitrogens with one attached hydrogen (secondary N) is 3. The van der Waals surface area contributed by atoms with Crippen molar-refractivity contribution in [2.45, 2.75) is 51.4 Å². The molecule has 4 rings (SSSR count). The van der Waals surface area contributed by atoms with Crippen LogP contribution >= 0.6 is 0 Å². The van der Waals surface area contributed by atoms with Gasteiger partial charge in [-0.3, -0.25) is 4.79 Å². The highest BCUT2D eigenvalue weighted by Crippen LogP contribution is 2.50. The summed E-state index contributed by atoms with van der Waals surface area (Å²) in [5.41, 5.74) is 0.433. The predicted octanol–water partition coefficient (Wildman–Crippen LogP) is 4.47. The minimum Gasteiger partial charge on any atom is -0.373 e. The lowest BCUT2D eigenvalue weighted by Crippen LogP contribution is -2.47. The van der Waals surface area contributed by atoms with Crippen molar-refractivity contribution in [1.82, 2.24) is 14.9 Å². The largest absolute Gasteiger partial charge is 0.373 e. The first kappa shape index (κ1) is 23.7. The summed E-state index contributed by atoms with van der Waals surface area (Å²) in [6, 6.07) is 8.55. The van der Waals surface area contributed by atoms with Crippen LogP contribution in [0, 0.1) is 11.7 Å². The quantitative estimate of drug-likeness (QED) is 0.454. The topological polar surface area (TPSA) is 88.0 Å². The first-order valence-corrected chi connectivity index (χ1v) is 11.5. The van der Waals surface area contributed by atoms with Crippen LogP contribution in [0.1, 0.15) is 32.3 Å². The monoisotopic (exact) mass is 469 g/mol. The third-order valence-electron chi connectivity index (χ3n) is 6.59. The standard InChI is InChI=1S/C25H29F2N5O2/c1-4-21(27)25(31-24(34)30-19-8-6-7-18(26)11-19)13-17(25)10-15-9-16-14-29-22(28-3)12-20(16)32(5-2)23(15)33/h6-9,11-12,14,17,21H,4-5,10,13H2,1-3H3,(H,28,29)(H2,30,31,34)/t17-,21?,25?/m0/s1. The number of hydrogen-bond donors (Lipinski definition) is 3. The number of aromatic nitrogens is 2. The van der Waals surface area contributed by atoms with Crippen molar-refractivity contribution in [3.8, 4) is 0 Å². The van der Waals surface area contributed by atoms with Crippen molar-refractivity contribution in [2.24, 2.45) is 5.92 Å². The molecule has 3 aromatic rings. The van der Waals surface area contributed by atoms with Crippen molar-refractivity contribution >= 4 is 28.4 Å². The Hall–Kier alpha value is -3.49. The zero-order chi connectivity index (χ0) is 24.5. The summed E-state index contributed by atoms with van der Waals surface area (Å²) in [7, 11) is 1.77. The molecule has 1 aliphatic carbocycles. The van der Waals surface area contributed by atoms with Gasteiger partial charge >= 0.3 is 6.03 Å². The molecule has 3 N–H and O–H groups in total. The summed E-state index contributed by atoms with van der Waals surface area (Å²) in [5, 5.41) is 9.15. The Labute approximate surface area is 196 Å². The summed E-state index contributed by atoms with van der Waals surface area (Å²) < 4.78 is 30.2. The van der Waals surface area contributed by atoms with Crippen molar-refractivity contribution in [1.29, 1.82) is 0 Å². The van der Waals surface area contributed by atoms with E-state index in [1.165, 1.54) is 18.2 Å². The van der Waals surface area contributed by atoms with Crippen LogP contribution in [0.3, 0.4) is 0 Å². The smallest absolute Gasteiger partial charge is 0.319 e. The zero-order valence-corrected chi connectivity index (χ0v) is 19.5. The number of halogens is 2. The maximum absolute atomic E-state index is 15.1. The van der Waals surface area contributed by atoms with Crippen LogP contribution in [0.15, 0.2) is 47.4 Å². The highest BCUT2D eigenvalue weighted by Gasteiger charge is 2.60. The number of pyridine rings is 2. The lowest BCUT2D eigenvalue weighted by atomic mass is 10.00. The van der Waals surface area contributed by atoms with E-state index >= 15 is 4.39 Å². The van der Waals surface area contributed by atoms with Gasteiger partial charge in [-0.05, 0) is 56.4 Å². The molecule has 2 aromatic heterocycles. The second kappa shape index (κ2) is 9.40. The normalized spacial score (nSPS) is 20.1. The number of carbonyl (C=O) groups excluding carboxylic acids is 1. The Morgan fingerprint density at radius 1 is 1.29 bits per heavy atom. The van der Waals surface area contributed by atoms with Gasteiger partial charge in [0.15, 0.2) is 0 Å². The highest BCUT2D eigenvalue weighted by atomic mass is 19.1. The summed E-state index contributed by atoms with van der Waals surface area (Å²) in [6.07, 6.45) is 1.42. The van der Waals surface area contributed by atoms with E-state index in [-0.39, 0.29) is 23.6 Å². The summed E-state index contributed by atoms with van der Waals surface area (Å²) in [6.45, 7) is 4.11. The van der Waals surface area contributed by atoms with Crippen LogP contribution < -0.4 is 21.5 Å². The lowest BCUT2D eigenvalue weighted by molar-refractivity contribution is 0.203. The molecule has 0 spiro atoms. The molecule has 0 radical (unpaired) electrons. The van der Waals surface area contributed by atoms with E-state index < -0.39 is 23.6 Å². The minimum atomic E-state index is -1.27. The van der Waals surface area contributed by atoms with E-state index in [2.05, 4.69) is 20.9 Å². The van der Waals surface area contributed by atoms with Crippen LogP contribution in [0.5, 0.6) is 0 Å². The number of fused-ring (bicyclic) bond motifs is 1. The van der Waals surface area contributed by atoms with E-state index in [9.17, 15) is 14.0 Å². The molecule has 1 aliphatic rings. The van der Waals surface area contributed by atoms with E-state index in [1.807, 2.05) is 19.1 Å². The maximum atomic E-state index is 15.1. The Kier molecular flexibility index (Phi) is 6.54. The second-order valence-corrected chi connectivity index (χ2v) is 8.71. The highest BCUT2D eigenvalue weighted by molar-refractivity contribution is 5.90. The average Bonchev–Trinajstić information content (AvgIpc) is 3.51. The molecule has 34 heavy (non-hydrogen) atoms. The molecule has 0 saturated heterocycles. The summed E-state index contributed by atoms with van der Waals surface area (Å²) in [4.78, 5) is 30.2. The molecular formula is C25H29F2N5O2. The number of anilines is 2. The molecular weight excluding hydrogens is 440 g/mol. The van der Waals surface area contributed by atoms with Gasteiger partial charge in [0, 0.05) is 42.5 Å². The van der Waals surface area contributed by atoms with Crippen molar-refractivity contribution in [2.75, 3.05) is 17.7 Å². The number of carbonyl (C=O) groups is 1. The molecule has 0 aliphatic heterocycles. The number of hydrogen-bond acceptors (Lipinski definition) is 4. The van der Waals surface area contributed by atoms with Crippen molar-refractivity contribution in [3.63, 3.8) is 0 Å². The molecule has 0 bridgehead atoms. The number of benzene rings is 1. The third-order valence-corrected chi connectivity index (χ3v) is 6.59. The van der Waals surface area contributed by atoms with Crippen LogP contribution in [-0.2, 0) is 13.0 Å². The zero-order valence-electron chi connectivity index (χ0n) is 19.5. The Morgan fingerprint density at radius 2 is 2.09 bits per heavy atom. The Balaban J connectivity index is 1.58. The number of alkyl halides is 1. The second-order valence-electron chi connectivity index (χ2n) is 8.71. The van der Waals surface area contributed by atoms with E-state index in [0.717, 1.165) is 10.9 Å². The molecule has 2 amide bonds. The van der Waals surface area contributed by atoms with Gasteiger partial charge in [-0.25, -0.2) is 18.6 Å². The number of rotatable bonds is 8. The van der Waals surface area contributed by atoms with Gasteiger partial charge in [0.25, 0.3) is 5.56 Å². The summed E-state index contributed by atoms with van der Waals surface area (Å²) in [5.74, 6) is -0.0472. The SMILES string of the molecule is CCC(F)C1(NC(=O)Nc2cccc(F)c2)C[C@@H]1Cc1cc2cnc(NC)cc2n(CC)c1=O. The average molecular weight is 470 g/mol. The number of nitrogens with zero attached hydrogens (tertiary/aromatic N) is 2. The lowest BCUT2D eigenvalue weighted by Gasteiger charge is -2.23. The van der Waals surface area contributed by atoms with E-state index in [4.69, 9.17) is 0 Å². The van der Waals surface area contributed by atoms with Crippen LogP contribution in [0.4, 0.5) is 25.1 Å². The van der Waals surface area contributed by atoms with Gasteiger partial charge in [-0.15, -0.1) is 0 Å². The van der Waals surface area contributed by atoms with E-state index in [0.29, 0.717) is 30.8 Å². The first-order valence-electron chi connectivity index (χ1n) is 11.5. The molecule has 2 unspecified atom stereocenters. The first-order chi connectivity index (χ1) is 16.3. The molecule has 3 atom stereocenters. The maximum Gasteiger partial charge on any atom is 0.319 e. The van der Waals surface area contributed by atoms with Gasteiger partial charge in [-0.2, -0.15) is 0 Å². The molecule has 1 aromatic carbocycles. The van der Waals surface area contributed by atoms with Crippen LogP contribution in [0.2, 0.25) is 0 Å². The minimum absolute atomic E-state index is 0.125. The Morgan fingerprint density at radius 3 is 2.76 bits per heavy atom. The number of urea groups is 1. The predicted molar refractivity (Wildman–Crippen MR) is 130 cm³/mol. The van der Waals surface area contributed by atoms with Crippen molar-refractivity contribution < 1.29 is 13.6 Å². The molecule has 1 saturated carbocycles. The fourth-order valence-corrected chi connectivity index (χ4v) is 4.72. The molecule has 2 heterocycles. The van der Waals surface area contributed by atoms with Gasteiger partial charge in [0.1, 0.15) is 17.8 Å². The summed E-state index contributed by atoms with van der Waals surface area (Å²) >= 11 is 0. The molecule has 9 heteroatoms. The molecule has 7 nitrogen and oxygen atoms in total. The number of amides is 2. The fraction of sp³-hybridized carbons (Fsp3) is 0.400. The van der Waals surface area contributed by atoms with Gasteiger partial charge in [0.05, 0.1) is 11.1 Å². The van der Waals surface area contributed by atoms with Crippen LogP contribution in [0.25, 0.3) is 10.9 Å². The van der Waals surface area contributed by atoms with Gasteiger partial charge < -0.3 is 20.5 Å². The molecule has 180 valence electrons. The van der Waals surface area contributed by atoms with Crippen LogP contribution in [-0.4, -0.2) is 34.3 Å². The molecule has 1 fully saturated rings. The fourth-order valence-electron chi connectivity index (χ4n) is 4.72. The Bertz CT molecular complexity index is 1280. The third kappa shape index (κ3) is 4.47. The van der Waals surface area contributed by atoms with E-state index in [1.54, 1.807) is 30.8 Å². The van der Waals surface area contributed by atoms with Gasteiger partial charge in [-0.1, -0.05) is 13.0 Å². The van der Waals surface area contributed by atoms with Gasteiger partial charge in [0.2, 0.25) is 0 Å². The van der Waals surface area contributed by atoms with Crippen molar-refractivity contribution in [3.05, 3.63) is 64.3 Å². The number of aryl methyl sites for hydroxylation is 1.